The number of nitrogens with one attached hydrogen (secondary N) is 1. The molecule has 1 aromatic carbocycles. The van der Waals surface area contributed by atoms with Crippen molar-refractivity contribution in [3.8, 4) is 0 Å². The van der Waals surface area contributed by atoms with Crippen LogP contribution in [0.5, 0.6) is 0 Å². The maximum absolute atomic E-state index is 10.8. The fourth-order valence-corrected chi connectivity index (χ4v) is 2.44. The lowest BCUT2D eigenvalue weighted by molar-refractivity contribution is -0.137. The zero-order valence-electron chi connectivity index (χ0n) is 10.1. The number of carbonyl (C=O) groups is 1. The van der Waals surface area contributed by atoms with Crippen molar-refractivity contribution in [1.29, 1.82) is 0 Å². The molecule has 98 valence electrons. The third-order valence-corrected chi connectivity index (χ3v) is 3.31. The van der Waals surface area contributed by atoms with Gasteiger partial charge in [-0.2, -0.15) is 0 Å². The molecule has 0 aliphatic carbocycles. The topological polar surface area (TPSA) is 52.6 Å². The molecule has 2 rings (SSSR count). The van der Waals surface area contributed by atoms with Crippen LogP contribution in [0.2, 0.25) is 5.02 Å². The Balaban J connectivity index is 2.09. The molecule has 1 aliphatic rings. The van der Waals surface area contributed by atoms with Crippen LogP contribution in [0.3, 0.4) is 0 Å². The van der Waals surface area contributed by atoms with Crippen LogP contribution < -0.4 is 10.2 Å². The van der Waals surface area contributed by atoms with Gasteiger partial charge in [-0.15, -0.1) is 0 Å². The lowest BCUT2D eigenvalue weighted by Crippen LogP contribution is -2.39. The van der Waals surface area contributed by atoms with Gasteiger partial charge in [-0.05, 0) is 31.2 Å². The molecular formula is C13H17ClN2O2. The molecule has 2 N–H and O–H groups in total. The average Bonchev–Trinajstić information content (AvgIpc) is 2.54. The standard InChI is InChI=1S/C13H17ClN2O2/c14-10-3-1-4-12(7-10)16-6-2-5-15-11(9-16)8-13(17)18/h1,3-4,7,11,15H,2,5-6,8-9H2,(H,17,18). The Morgan fingerprint density at radius 2 is 2.39 bits per heavy atom. The van der Waals surface area contributed by atoms with Crippen LogP contribution in [0, 0.1) is 0 Å². The van der Waals surface area contributed by atoms with Crippen molar-refractivity contribution in [3.63, 3.8) is 0 Å². The number of carboxylic acids is 1. The van der Waals surface area contributed by atoms with E-state index in [0.717, 1.165) is 25.2 Å². The van der Waals surface area contributed by atoms with E-state index in [1.807, 2.05) is 24.3 Å². The Kier molecular flexibility index (Phi) is 4.44. The molecule has 0 amide bonds. The van der Waals surface area contributed by atoms with Crippen LogP contribution >= 0.6 is 11.6 Å². The van der Waals surface area contributed by atoms with E-state index in [1.165, 1.54) is 0 Å². The highest BCUT2D eigenvalue weighted by atomic mass is 35.5. The minimum Gasteiger partial charge on any atom is -0.481 e. The molecule has 1 aromatic rings. The summed E-state index contributed by atoms with van der Waals surface area (Å²) in [5.41, 5.74) is 1.06. The van der Waals surface area contributed by atoms with Crippen molar-refractivity contribution in [3.05, 3.63) is 29.3 Å². The Hall–Kier alpha value is -1.26. The second kappa shape index (κ2) is 6.07. The number of benzene rings is 1. The van der Waals surface area contributed by atoms with Crippen molar-refractivity contribution in [1.82, 2.24) is 5.32 Å². The summed E-state index contributed by atoms with van der Waals surface area (Å²) in [6.45, 7) is 2.48. The van der Waals surface area contributed by atoms with E-state index in [9.17, 15) is 4.79 Å². The fourth-order valence-electron chi connectivity index (χ4n) is 2.25. The van der Waals surface area contributed by atoms with Gasteiger partial charge in [-0.1, -0.05) is 17.7 Å². The van der Waals surface area contributed by atoms with Crippen LogP contribution in [0.25, 0.3) is 0 Å². The van der Waals surface area contributed by atoms with Crippen molar-refractivity contribution in [2.75, 3.05) is 24.5 Å². The van der Waals surface area contributed by atoms with Gasteiger partial charge < -0.3 is 15.3 Å². The molecule has 18 heavy (non-hydrogen) atoms. The van der Waals surface area contributed by atoms with Gasteiger partial charge in [0.1, 0.15) is 0 Å². The van der Waals surface area contributed by atoms with Crippen LogP contribution in [0.15, 0.2) is 24.3 Å². The highest BCUT2D eigenvalue weighted by Crippen LogP contribution is 2.21. The van der Waals surface area contributed by atoms with Crippen molar-refractivity contribution >= 4 is 23.3 Å². The quantitative estimate of drug-likeness (QED) is 0.880. The summed E-state index contributed by atoms with van der Waals surface area (Å²) in [5, 5.41) is 12.9. The second-order valence-electron chi connectivity index (χ2n) is 4.53. The van der Waals surface area contributed by atoms with Gasteiger partial charge in [-0.3, -0.25) is 4.79 Å². The molecule has 5 heteroatoms. The maximum Gasteiger partial charge on any atom is 0.304 e. The van der Waals surface area contributed by atoms with Crippen molar-refractivity contribution < 1.29 is 9.90 Å². The first kappa shape index (κ1) is 13.2. The first-order valence-electron chi connectivity index (χ1n) is 6.11. The number of halogens is 1. The van der Waals surface area contributed by atoms with Gasteiger partial charge in [0.2, 0.25) is 0 Å². The minimum absolute atomic E-state index is 0.0102. The molecule has 0 radical (unpaired) electrons. The molecule has 1 saturated heterocycles. The Morgan fingerprint density at radius 1 is 1.56 bits per heavy atom. The maximum atomic E-state index is 10.8. The average molecular weight is 269 g/mol. The van der Waals surface area contributed by atoms with Gasteiger partial charge in [0.05, 0.1) is 6.42 Å². The van der Waals surface area contributed by atoms with E-state index < -0.39 is 5.97 Å². The summed E-state index contributed by atoms with van der Waals surface area (Å²) < 4.78 is 0. The molecule has 4 nitrogen and oxygen atoms in total. The molecule has 0 saturated carbocycles. The fraction of sp³-hybridized carbons (Fsp3) is 0.462. The summed E-state index contributed by atoms with van der Waals surface area (Å²) in [6.07, 6.45) is 1.15. The Bertz CT molecular complexity index is 425. The summed E-state index contributed by atoms with van der Waals surface area (Å²) in [5.74, 6) is -0.763. The monoisotopic (exact) mass is 268 g/mol. The van der Waals surface area contributed by atoms with Crippen LogP contribution in [0.1, 0.15) is 12.8 Å². The predicted octanol–water partition coefficient (Wildman–Crippen LogP) is 1.98. The van der Waals surface area contributed by atoms with Gasteiger partial charge in [0.25, 0.3) is 0 Å². The molecule has 1 fully saturated rings. The zero-order valence-corrected chi connectivity index (χ0v) is 10.9. The molecule has 0 spiro atoms. The van der Waals surface area contributed by atoms with E-state index in [1.54, 1.807) is 0 Å². The molecule has 1 heterocycles. The van der Waals surface area contributed by atoms with Crippen molar-refractivity contribution in [2.45, 2.75) is 18.9 Å². The molecule has 0 bridgehead atoms. The molecular weight excluding hydrogens is 252 g/mol. The normalized spacial score (nSPS) is 20.5. The van der Waals surface area contributed by atoms with Gasteiger partial charge in [0, 0.05) is 29.8 Å². The predicted molar refractivity (Wildman–Crippen MR) is 72.3 cm³/mol. The number of carboxylic acid groups (broad SMARTS) is 1. The SMILES string of the molecule is O=C(O)CC1CN(c2cccc(Cl)c2)CCCN1. The Labute approximate surface area is 112 Å². The molecule has 1 aliphatic heterocycles. The third-order valence-electron chi connectivity index (χ3n) is 3.07. The highest BCUT2D eigenvalue weighted by molar-refractivity contribution is 6.30. The second-order valence-corrected chi connectivity index (χ2v) is 4.96. The molecule has 1 unspecified atom stereocenters. The smallest absolute Gasteiger partial charge is 0.304 e. The number of hydrogen-bond acceptors (Lipinski definition) is 3. The minimum atomic E-state index is -0.763. The van der Waals surface area contributed by atoms with E-state index in [2.05, 4.69) is 10.2 Å². The highest BCUT2D eigenvalue weighted by Gasteiger charge is 2.20. The molecule has 1 atom stereocenters. The number of anilines is 1. The number of nitrogens with zero attached hydrogens (tertiary/aromatic N) is 1. The Morgan fingerprint density at radius 3 is 3.11 bits per heavy atom. The summed E-state index contributed by atoms with van der Waals surface area (Å²) >= 11 is 5.99. The third kappa shape index (κ3) is 3.62. The van der Waals surface area contributed by atoms with Crippen LogP contribution in [-0.4, -0.2) is 36.8 Å². The first-order chi connectivity index (χ1) is 8.65. The number of hydrogen-bond donors (Lipinski definition) is 2. The number of rotatable bonds is 3. The van der Waals surface area contributed by atoms with Crippen LogP contribution in [0.4, 0.5) is 5.69 Å². The van der Waals surface area contributed by atoms with E-state index >= 15 is 0 Å². The van der Waals surface area contributed by atoms with E-state index in [-0.39, 0.29) is 12.5 Å². The summed E-state index contributed by atoms with van der Waals surface area (Å²) in [4.78, 5) is 13.0. The molecule has 0 aromatic heterocycles. The summed E-state index contributed by atoms with van der Waals surface area (Å²) in [7, 11) is 0. The largest absolute Gasteiger partial charge is 0.481 e. The van der Waals surface area contributed by atoms with Gasteiger partial charge in [0.15, 0.2) is 0 Å². The zero-order chi connectivity index (χ0) is 13.0. The van der Waals surface area contributed by atoms with Gasteiger partial charge >= 0.3 is 5.97 Å². The first-order valence-corrected chi connectivity index (χ1v) is 6.48. The van der Waals surface area contributed by atoms with Crippen molar-refractivity contribution in [2.24, 2.45) is 0 Å². The summed E-state index contributed by atoms with van der Waals surface area (Å²) in [6, 6.07) is 7.68. The van der Waals surface area contributed by atoms with Crippen LogP contribution in [-0.2, 0) is 4.79 Å². The van der Waals surface area contributed by atoms with Gasteiger partial charge in [-0.25, -0.2) is 0 Å². The number of aliphatic carboxylic acids is 1. The lowest BCUT2D eigenvalue weighted by atomic mass is 10.2. The van der Waals surface area contributed by atoms with E-state index in [0.29, 0.717) is 11.6 Å². The lowest BCUT2D eigenvalue weighted by Gasteiger charge is -2.26. The van der Waals surface area contributed by atoms with E-state index in [4.69, 9.17) is 16.7 Å².